The van der Waals surface area contributed by atoms with Crippen molar-refractivity contribution in [2.75, 3.05) is 13.2 Å². The van der Waals surface area contributed by atoms with Gasteiger partial charge in [0.15, 0.2) is 0 Å². The van der Waals surface area contributed by atoms with Gasteiger partial charge >= 0.3 is 5.97 Å². The fraction of sp³-hybridized carbons (Fsp3) is 0.500. The number of hydrogen-bond donors (Lipinski definition) is 2. The zero-order chi connectivity index (χ0) is 15.7. The van der Waals surface area contributed by atoms with E-state index in [4.69, 9.17) is 9.84 Å². The Morgan fingerprint density at radius 3 is 2.71 bits per heavy atom. The van der Waals surface area contributed by atoms with Crippen LogP contribution in [0.1, 0.15) is 35.7 Å². The highest BCUT2D eigenvalue weighted by molar-refractivity contribution is 7.89. The van der Waals surface area contributed by atoms with Gasteiger partial charge in [0.05, 0.1) is 22.6 Å². The number of benzene rings is 1. The first-order valence-electron chi connectivity index (χ1n) is 6.69. The van der Waals surface area contributed by atoms with E-state index in [-0.39, 0.29) is 10.5 Å². The van der Waals surface area contributed by atoms with Gasteiger partial charge in [-0.3, -0.25) is 0 Å². The van der Waals surface area contributed by atoms with Crippen LogP contribution < -0.4 is 4.72 Å². The Kier molecular flexibility index (Phi) is 4.36. The minimum Gasteiger partial charge on any atom is -0.478 e. The van der Waals surface area contributed by atoms with Crippen LogP contribution in [0.2, 0.25) is 0 Å². The molecule has 1 unspecified atom stereocenters. The smallest absolute Gasteiger partial charge is 0.335 e. The van der Waals surface area contributed by atoms with Crippen molar-refractivity contribution in [2.24, 2.45) is 0 Å². The van der Waals surface area contributed by atoms with Crippen LogP contribution in [0, 0.1) is 6.92 Å². The van der Waals surface area contributed by atoms with Gasteiger partial charge in [0.2, 0.25) is 10.0 Å². The molecule has 1 aromatic carbocycles. The van der Waals surface area contributed by atoms with E-state index in [0.29, 0.717) is 25.2 Å². The van der Waals surface area contributed by atoms with Crippen molar-refractivity contribution in [1.82, 2.24) is 4.72 Å². The molecule has 2 N–H and O–H groups in total. The highest BCUT2D eigenvalue weighted by Gasteiger charge is 2.33. The summed E-state index contributed by atoms with van der Waals surface area (Å²) in [6.07, 6.45) is 1.47. The fourth-order valence-electron chi connectivity index (χ4n) is 2.42. The Morgan fingerprint density at radius 1 is 1.43 bits per heavy atom. The first kappa shape index (κ1) is 15.9. The summed E-state index contributed by atoms with van der Waals surface area (Å²) in [7, 11) is -3.80. The molecule has 1 saturated heterocycles. The largest absolute Gasteiger partial charge is 0.478 e. The molecule has 1 aromatic rings. The lowest BCUT2D eigenvalue weighted by atomic mass is 9.97. The molecule has 0 spiro atoms. The second kappa shape index (κ2) is 5.75. The minimum absolute atomic E-state index is 0.00537. The first-order chi connectivity index (χ1) is 9.73. The van der Waals surface area contributed by atoms with Gasteiger partial charge in [0.1, 0.15) is 0 Å². The Hall–Kier alpha value is -1.44. The summed E-state index contributed by atoms with van der Waals surface area (Å²) in [5.74, 6) is -1.15. The van der Waals surface area contributed by atoms with E-state index in [1.54, 1.807) is 13.8 Å². The van der Waals surface area contributed by atoms with Gasteiger partial charge < -0.3 is 9.84 Å². The Morgan fingerprint density at radius 2 is 2.14 bits per heavy atom. The van der Waals surface area contributed by atoms with Crippen molar-refractivity contribution in [2.45, 2.75) is 37.1 Å². The molecule has 116 valence electrons. The van der Waals surface area contributed by atoms with Crippen LogP contribution >= 0.6 is 0 Å². The topological polar surface area (TPSA) is 92.7 Å². The van der Waals surface area contributed by atoms with E-state index in [9.17, 15) is 13.2 Å². The fourth-order valence-corrected chi connectivity index (χ4v) is 4.11. The van der Waals surface area contributed by atoms with Crippen LogP contribution in [0.5, 0.6) is 0 Å². The molecule has 0 radical (unpaired) electrons. The van der Waals surface area contributed by atoms with Gasteiger partial charge in [-0.05, 0) is 44.4 Å². The number of carboxylic acids is 1. The third-order valence-corrected chi connectivity index (χ3v) is 5.32. The molecule has 1 aliphatic rings. The second-order valence-corrected chi connectivity index (χ2v) is 7.26. The number of sulfonamides is 1. The van der Waals surface area contributed by atoms with E-state index < -0.39 is 21.5 Å². The van der Waals surface area contributed by atoms with E-state index in [0.717, 1.165) is 6.42 Å². The molecule has 1 atom stereocenters. The van der Waals surface area contributed by atoms with Gasteiger partial charge in [0.25, 0.3) is 0 Å². The Bertz CT molecular complexity index is 647. The molecular weight excluding hydrogens is 294 g/mol. The first-order valence-corrected chi connectivity index (χ1v) is 8.17. The molecule has 6 nitrogen and oxygen atoms in total. The van der Waals surface area contributed by atoms with Crippen molar-refractivity contribution in [1.29, 1.82) is 0 Å². The Labute approximate surface area is 124 Å². The monoisotopic (exact) mass is 313 g/mol. The van der Waals surface area contributed by atoms with Gasteiger partial charge in [-0.1, -0.05) is 6.07 Å². The molecule has 1 aliphatic heterocycles. The van der Waals surface area contributed by atoms with E-state index in [1.165, 1.54) is 18.2 Å². The number of nitrogens with one attached hydrogen (secondary N) is 1. The predicted molar refractivity (Wildman–Crippen MR) is 76.9 cm³/mol. The zero-order valence-corrected chi connectivity index (χ0v) is 12.9. The van der Waals surface area contributed by atoms with Crippen LogP contribution in [-0.2, 0) is 14.8 Å². The third kappa shape index (κ3) is 3.61. The molecule has 1 heterocycles. The predicted octanol–water partition coefficient (Wildman–Crippen LogP) is 1.54. The zero-order valence-electron chi connectivity index (χ0n) is 12.0. The molecule has 7 heteroatoms. The lowest BCUT2D eigenvalue weighted by Gasteiger charge is -2.34. The molecule has 0 bridgehead atoms. The number of aromatic carboxylic acids is 1. The molecule has 21 heavy (non-hydrogen) atoms. The summed E-state index contributed by atoms with van der Waals surface area (Å²) < 4.78 is 33.1. The lowest BCUT2D eigenvalue weighted by Crippen LogP contribution is -2.51. The molecule has 1 fully saturated rings. The molecular formula is C14H19NO5S. The maximum absolute atomic E-state index is 12.5. The molecule has 0 amide bonds. The number of ether oxygens (including phenoxy) is 1. The summed E-state index contributed by atoms with van der Waals surface area (Å²) in [6.45, 7) is 4.37. The average Bonchev–Trinajstić information content (AvgIpc) is 2.38. The molecule has 2 rings (SSSR count). The summed E-state index contributed by atoms with van der Waals surface area (Å²) in [4.78, 5) is 11.0. The van der Waals surface area contributed by atoms with Gasteiger partial charge in [-0.25, -0.2) is 17.9 Å². The summed E-state index contributed by atoms with van der Waals surface area (Å²) in [5, 5.41) is 9.00. The SMILES string of the molecule is Cc1ccc(C(=O)O)cc1S(=O)(=O)NC1(C)CCCOC1. The van der Waals surface area contributed by atoms with Gasteiger partial charge in [-0.2, -0.15) is 0 Å². The van der Waals surface area contributed by atoms with Crippen LogP contribution in [0.15, 0.2) is 23.1 Å². The van der Waals surface area contributed by atoms with E-state index in [1.807, 2.05) is 0 Å². The molecule has 0 aliphatic carbocycles. The number of aryl methyl sites for hydroxylation is 1. The van der Waals surface area contributed by atoms with E-state index >= 15 is 0 Å². The number of hydrogen-bond acceptors (Lipinski definition) is 4. The standard InChI is InChI=1S/C14H19NO5S/c1-10-4-5-11(13(16)17)8-12(10)21(18,19)15-14(2)6-3-7-20-9-14/h4-5,8,15H,3,6-7,9H2,1-2H3,(H,16,17). The van der Waals surface area contributed by atoms with Crippen LogP contribution in [0.3, 0.4) is 0 Å². The quantitative estimate of drug-likeness (QED) is 0.879. The minimum atomic E-state index is -3.80. The highest BCUT2D eigenvalue weighted by atomic mass is 32.2. The van der Waals surface area contributed by atoms with Crippen LogP contribution in [0.25, 0.3) is 0 Å². The highest BCUT2D eigenvalue weighted by Crippen LogP contribution is 2.24. The number of carboxylic acid groups (broad SMARTS) is 1. The van der Waals surface area contributed by atoms with E-state index in [2.05, 4.69) is 4.72 Å². The normalized spacial score (nSPS) is 23.0. The summed E-state index contributed by atoms with van der Waals surface area (Å²) in [5.41, 5.74) is -0.207. The van der Waals surface area contributed by atoms with Gasteiger partial charge in [0, 0.05) is 6.61 Å². The average molecular weight is 313 g/mol. The maximum atomic E-state index is 12.5. The lowest BCUT2D eigenvalue weighted by molar-refractivity contribution is 0.0386. The summed E-state index contributed by atoms with van der Waals surface area (Å²) >= 11 is 0. The van der Waals surface area contributed by atoms with Crippen LogP contribution in [-0.4, -0.2) is 38.2 Å². The Balaban J connectivity index is 2.35. The third-order valence-electron chi connectivity index (χ3n) is 3.54. The van der Waals surface area contributed by atoms with Crippen molar-refractivity contribution in [3.8, 4) is 0 Å². The van der Waals surface area contributed by atoms with Crippen molar-refractivity contribution in [3.63, 3.8) is 0 Å². The molecule has 0 saturated carbocycles. The number of carbonyl (C=O) groups is 1. The second-order valence-electron chi connectivity index (χ2n) is 5.61. The number of rotatable bonds is 4. The van der Waals surface area contributed by atoms with Crippen molar-refractivity contribution >= 4 is 16.0 Å². The maximum Gasteiger partial charge on any atom is 0.335 e. The van der Waals surface area contributed by atoms with Crippen LogP contribution in [0.4, 0.5) is 0 Å². The molecule has 0 aromatic heterocycles. The van der Waals surface area contributed by atoms with Crippen molar-refractivity contribution in [3.05, 3.63) is 29.3 Å². The van der Waals surface area contributed by atoms with Gasteiger partial charge in [-0.15, -0.1) is 0 Å². The summed E-state index contributed by atoms with van der Waals surface area (Å²) in [6, 6.07) is 4.08. The van der Waals surface area contributed by atoms with Crippen molar-refractivity contribution < 1.29 is 23.1 Å².